The van der Waals surface area contributed by atoms with E-state index in [4.69, 9.17) is 21.8 Å². The van der Waals surface area contributed by atoms with Crippen LogP contribution in [0.2, 0.25) is 5.02 Å². The minimum Gasteiger partial charge on any atom is -0.408 e. The Morgan fingerprint density at radius 3 is 2.81 bits per heavy atom. The molecule has 0 saturated heterocycles. The summed E-state index contributed by atoms with van der Waals surface area (Å²) >= 11 is 5.88. The normalized spacial score (nSPS) is 12.8. The second kappa shape index (κ2) is 5.02. The number of halogens is 2. The lowest BCUT2D eigenvalue weighted by Gasteiger charge is -2.13. The van der Waals surface area contributed by atoms with E-state index in [9.17, 15) is 9.18 Å². The highest BCUT2D eigenvalue weighted by molar-refractivity contribution is 6.30. The molecule has 0 aliphatic rings. The Hall–Kier alpha value is -2.11. The van der Waals surface area contributed by atoms with E-state index in [-0.39, 0.29) is 0 Å². The van der Waals surface area contributed by atoms with Gasteiger partial charge in [0.2, 0.25) is 0 Å². The molecule has 0 aliphatic heterocycles. The maximum atomic E-state index is 13.9. The lowest BCUT2D eigenvalue weighted by atomic mass is 9.99. The molecular formula is C15H12ClFN2O2. The summed E-state index contributed by atoms with van der Waals surface area (Å²) in [6.07, 6.45) is 0. The molecule has 0 fully saturated rings. The lowest BCUT2D eigenvalue weighted by Crippen LogP contribution is -2.13. The topological polar surface area (TPSA) is 61.2 Å². The van der Waals surface area contributed by atoms with Gasteiger partial charge in [-0.1, -0.05) is 17.7 Å². The van der Waals surface area contributed by atoms with Gasteiger partial charge in [0.05, 0.1) is 11.6 Å². The molecule has 21 heavy (non-hydrogen) atoms. The van der Waals surface area contributed by atoms with Gasteiger partial charge in [0.1, 0.15) is 5.82 Å². The Labute approximate surface area is 124 Å². The third-order valence-corrected chi connectivity index (χ3v) is 3.70. The number of oxazole rings is 1. The van der Waals surface area contributed by atoms with Crippen molar-refractivity contribution in [2.24, 2.45) is 12.8 Å². The fourth-order valence-corrected chi connectivity index (χ4v) is 2.46. The van der Waals surface area contributed by atoms with Gasteiger partial charge in [-0.25, -0.2) is 9.18 Å². The van der Waals surface area contributed by atoms with Crippen molar-refractivity contribution in [1.82, 2.24) is 4.57 Å². The molecule has 2 aromatic carbocycles. The summed E-state index contributed by atoms with van der Waals surface area (Å²) in [5.41, 5.74) is 8.10. The highest BCUT2D eigenvalue weighted by Gasteiger charge is 2.16. The Morgan fingerprint density at radius 1 is 1.29 bits per heavy atom. The quantitative estimate of drug-likeness (QED) is 0.792. The number of hydrogen-bond acceptors (Lipinski definition) is 3. The molecule has 6 heteroatoms. The van der Waals surface area contributed by atoms with Gasteiger partial charge in [-0.05, 0) is 35.9 Å². The van der Waals surface area contributed by atoms with Crippen LogP contribution < -0.4 is 11.5 Å². The van der Waals surface area contributed by atoms with Crippen molar-refractivity contribution in [1.29, 1.82) is 0 Å². The molecule has 0 saturated carbocycles. The largest absolute Gasteiger partial charge is 0.419 e. The second-order valence-electron chi connectivity index (χ2n) is 4.80. The number of aromatic nitrogens is 1. The summed E-state index contributed by atoms with van der Waals surface area (Å²) in [7, 11) is 1.62. The molecule has 4 nitrogen and oxygen atoms in total. The van der Waals surface area contributed by atoms with Crippen molar-refractivity contribution in [3.05, 3.63) is 68.9 Å². The summed E-state index contributed by atoms with van der Waals surface area (Å²) < 4.78 is 20.4. The van der Waals surface area contributed by atoms with Crippen LogP contribution in [0.5, 0.6) is 0 Å². The molecule has 1 atom stereocenters. The van der Waals surface area contributed by atoms with Gasteiger partial charge in [-0.2, -0.15) is 0 Å². The van der Waals surface area contributed by atoms with E-state index in [1.165, 1.54) is 22.8 Å². The fourth-order valence-electron chi connectivity index (χ4n) is 2.28. The zero-order valence-electron chi connectivity index (χ0n) is 11.1. The maximum Gasteiger partial charge on any atom is 0.419 e. The number of rotatable bonds is 2. The van der Waals surface area contributed by atoms with Crippen LogP contribution in [0.4, 0.5) is 4.39 Å². The third kappa shape index (κ3) is 2.34. The molecule has 2 N–H and O–H groups in total. The summed E-state index contributed by atoms with van der Waals surface area (Å²) in [6.45, 7) is 0. The van der Waals surface area contributed by atoms with E-state index >= 15 is 0 Å². The first-order chi connectivity index (χ1) is 9.97. The molecule has 0 aliphatic carbocycles. The van der Waals surface area contributed by atoms with Crippen LogP contribution in [0.1, 0.15) is 17.2 Å². The number of benzene rings is 2. The second-order valence-corrected chi connectivity index (χ2v) is 5.23. The van der Waals surface area contributed by atoms with Crippen molar-refractivity contribution < 1.29 is 8.81 Å². The van der Waals surface area contributed by atoms with E-state index in [2.05, 4.69) is 0 Å². The Balaban J connectivity index is 2.11. The van der Waals surface area contributed by atoms with Crippen molar-refractivity contribution in [3.8, 4) is 0 Å². The van der Waals surface area contributed by atoms with E-state index in [1.54, 1.807) is 25.2 Å². The third-order valence-electron chi connectivity index (χ3n) is 3.47. The molecule has 0 amide bonds. The Kier molecular flexibility index (Phi) is 3.31. The average Bonchev–Trinajstić information content (AvgIpc) is 2.75. The Bertz CT molecular complexity index is 885. The monoisotopic (exact) mass is 306 g/mol. The minimum absolute atomic E-state index is 0.292. The predicted molar refractivity (Wildman–Crippen MR) is 78.9 cm³/mol. The first-order valence-corrected chi connectivity index (χ1v) is 6.65. The highest BCUT2D eigenvalue weighted by Crippen LogP contribution is 2.27. The molecule has 0 spiro atoms. The molecule has 108 valence electrons. The SMILES string of the molecule is Cn1c(=O)oc2cc(C(N)c3cc(Cl)ccc3F)ccc21. The van der Waals surface area contributed by atoms with Crippen LogP contribution in [0.3, 0.4) is 0 Å². The molecule has 1 heterocycles. The Morgan fingerprint density at radius 2 is 2.05 bits per heavy atom. The predicted octanol–water partition coefficient (Wildman–Crippen LogP) is 2.97. The minimum atomic E-state index is -0.696. The van der Waals surface area contributed by atoms with Gasteiger partial charge in [0, 0.05) is 17.6 Å². The number of nitrogens with zero attached hydrogens (tertiary/aromatic N) is 1. The van der Waals surface area contributed by atoms with Crippen molar-refractivity contribution in [2.45, 2.75) is 6.04 Å². The molecule has 1 aromatic heterocycles. The number of fused-ring (bicyclic) bond motifs is 1. The van der Waals surface area contributed by atoms with Crippen LogP contribution in [0.15, 0.2) is 45.6 Å². The highest BCUT2D eigenvalue weighted by atomic mass is 35.5. The molecule has 0 radical (unpaired) electrons. The molecular weight excluding hydrogens is 295 g/mol. The summed E-state index contributed by atoms with van der Waals surface area (Å²) in [5.74, 6) is -0.883. The fraction of sp³-hybridized carbons (Fsp3) is 0.133. The summed E-state index contributed by atoms with van der Waals surface area (Å²) in [5, 5.41) is 0.411. The van der Waals surface area contributed by atoms with E-state index in [0.717, 1.165) is 0 Å². The first-order valence-electron chi connectivity index (χ1n) is 6.27. The standard InChI is InChI=1S/C15H12ClFN2O2/c1-19-12-5-2-8(6-13(12)21-15(19)20)14(18)10-7-9(16)3-4-11(10)17/h2-7,14H,18H2,1H3. The summed E-state index contributed by atoms with van der Waals surface area (Å²) in [6, 6.07) is 8.64. The van der Waals surface area contributed by atoms with Gasteiger partial charge in [-0.3, -0.25) is 4.57 Å². The molecule has 1 unspecified atom stereocenters. The molecule has 3 rings (SSSR count). The lowest BCUT2D eigenvalue weighted by molar-refractivity contribution is 0.527. The number of hydrogen-bond donors (Lipinski definition) is 1. The van der Waals surface area contributed by atoms with Crippen molar-refractivity contribution >= 4 is 22.7 Å². The van der Waals surface area contributed by atoms with E-state index in [0.29, 0.717) is 27.2 Å². The maximum absolute atomic E-state index is 13.9. The van der Waals surface area contributed by atoms with Crippen LogP contribution in [0.25, 0.3) is 11.1 Å². The number of aryl methyl sites for hydroxylation is 1. The van der Waals surface area contributed by atoms with Gasteiger partial charge >= 0.3 is 5.76 Å². The van der Waals surface area contributed by atoms with Crippen LogP contribution >= 0.6 is 11.6 Å². The van der Waals surface area contributed by atoms with E-state index in [1.807, 2.05) is 0 Å². The van der Waals surface area contributed by atoms with Gasteiger partial charge in [0.15, 0.2) is 5.58 Å². The van der Waals surface area contributed by atoms with Gasteiger partial charge in [0.25, 0.3) is 0 Å². The molecule has 3 aromatic rings. The van der Waals surface area contributed by atoms with Crippen molar-refractivity contribution in [2.75, 3.05) is 0 Å². The van der Waals surface area contributed by atoms with Crippen molar-refractivity contribution in [3.63, 3.8) is 0 Å². The zero-order valence-corrected chi connectivity index (χ0v) is 11.9. The summed E-state index contributed by atoms with van der Waals surface area (Å²) in [4.78, 5) is 11.5. The first kappa shape index (κ1) is 13.9. The molecule has 0 bridgehead atoms. The average molecular weight is 307 g/mol. The van der Waals surface area contributed by atoms with Gasteiger partial charge < -0.3 is 10.2 Å². The smallest absolute Gasteiger partial charge is 0.408 e. The van der Waals surface area contributed by atoms with Crippen LogP contribution in [-0.4, -0.2) is 4.57 Å². The van der Waals surface area contributed by atoms with E-state index < -0.39 is 17.6 Å². The zero-order chi connectivity index (χ0) is 15.1. The van der Waals surface area contributed by atoms with Crippen LogP contribution in [0, 0.1) is 5.82 Å². The van der Waals surface area contributed by atoms with Crippen LogP contribution in [-0.2, 0) is 7.05 Å². The number of nitrogens with two attached hydrogens (primary N) is 1. The van der Waals surface area contributed by atoms with Gasteiger partial charge in [-0.15, -0.1) is 0 Å².